The van der Waals surface area contributed by atoms with Gasteiger partial charge in [-0.05, 0) is 43.2 Å². The van der Waals surface area contributed by atoms with Gasteiger partial charge in [0.05, 0.1) is 0 Å². The van der Waals surface area contributed by atoms with E-state index in [1.54, 1.807) is 37.4 Å². The molecule has 0 spiro atoms. The summed E-state index contributed by atoms with van der Waals surface area (Å²) in [6.07, 6.45) is 0.528. The SMILES string of the molecule is Cc1ccc(NC(=O)Nc2ccccc2)cc1NC(=O)CCCN1C(=O)CN(C)C1=O. The van der Waals surface area contributed by atoms with E-state index in [4.69, 9.17) is 0 Å². The van der Waals surface area contributed by atoms with Gasteiger partial charge >= 0.3 is 12.1 Å². The maximum atomic E-state index is 12.3. The van der Waals surface area contributed by atoms with Crippen molar-refractivity contribution < 1.29 is 19.2 Å². The van der Waals surface area contributed by atoms with Crippen LogP contribution in [0.3, 0.4) is 0 Å². The molecule has 1 fully saturated rings. The first-order valence-corrected chi connectivity index (χ1v) is 9.92. The monoisotopic (exact) mass is 423 g/mol. The molecule has 1 saturated heterocycles. The maximum Gasteiger partial charge on any atom is 0.326 e. The van der Waals surface area contributed by atoms with Crippen molar-refractivity contribution in [1.29, 1.82) is 0 Å². The van der Waals surface area contributed by atoms with E-state index in [0.29, 0.717) is 23.5 Å². The van der Waals surface area contributed by atoms with E-state index in [9.17, 15) is 19.2 Å². The van der Waals surface area contributed by atoms with Gasteiger partial charge in [-0.2, -0.15) is 0 Å². The lowest BCUT2D eigenvalue weighted by Gasteiger charge is -2.14. The Morgan fingerprint density at radius 2 is 1.68 bits per heavy atom. The van der Waals surface area contributed by atoms with Crippen LogP contribution in [-0.2, 0) is 9.59 Å². The summed E-state index contributed by atoms with van der Waals surface area (Å²) in [4.78, 5) is 50.6. The minimum atomic E-state index is -0.391. The molecule has 1 aliphatic rings. The van der Waals surface area contributed by atoms with Crippen molar-refractivity contribution in [3.05, 3.63) is 54.1 Å². The molecule has 1 aliphatic heterocycles. The van der Waals surface area contributed by atoms with Gasteiger partial charge in [0, 0.05) is 37.1 Å². The van der Waals surface area contributed by atoms with Crippen molar-refractivity contribution in [1.82, 2.24) is 9.80 Å². The zero-order valence-corrected chi connectivity index (χ0v) is 17.5. The third-order valence-corrected chi connectivity index (χ3v) is 4.82. The molecule has 0 unspecified atom stereocenters. The second kappa shape index (κ2) is 9.75. The van der Waals surface area contributed by atoms with Gasteiger partial charge in [0.15, 0.2) is 0 Å². The summed E-state index contributed by atoms with van der Waals surface area (Å²) < 4.78 is 0. The maximum absolute atomic E-state index is 12.3. The molecule has 31 heavy (non-hydrogen) atoms. The van der Waals surface area contributed by atoms with Crippen LogP contribution in [0.5, 0.6) is 0 Å². The summed E-state index contributed by atoms with van der Waals surface area (Å²) >= 11 is 0. The van der Waals surface area contributed by atoms with Gasteiger partial charge < -0.3 is 20.9 Å². The van der Waals surface area contributed by atoms with Crippen LogP contribution >= 0.6 is 0 Å². The van der Waals surface area contributed by atoms with E-state index < -0.39 is 6.03 Å². The molecule has 0 aliphatic carbocycles. The Hall–Kier alpha value is -3.88. The number of urea groups is 2. The quantitative estimate of drug-likeness (QED) is 0.594. The van der Waals surface area contributed by atoms with Crippen molar-refractivity contribution in [3.63, 3.8) is 0 Å². The van der Waals surface area contributed by atoms with Crippen LogP contribution in [0.15, 0.2) is 48.5 Å². The zero-order chi connectivity index (χ0) is 22.4. The fraction of sp³-hybridized carbons (Fsp3) is 0.273. The van der Waals surface area contributed by atoms with Crippen molar-refractivity contribution >= 4 is 40.9 Å². The number of hydrogen-bond donors (Lipinski definition) is 3. The molecule has 0 aromatic heterocycles. The molecular formula is C22H25N5O4. The molecular weight excluding hydrogens is 398 g/mol. The highest BCUT2D eigenvalue weighted by atomic mass is 16.2. The molecule has 6 amide bonds. The second-order valence-electron chi connectivity index (χ2n) is 7.31. The van der Waals surface area contributed by atoms with Gasteiger partial charge in [-0.25, -0.2) is 9.59 Å². The molecule has 3 N–H and O–H groups in total. The highest BCUT2D eigenvalue weighted by molar-refractivity contribution is 6.02. The van der Waals surface area contributed by atoms with Crippen molar-refractivity contribution in [3.8, 4) is 0 Å². The zero-order valence-electron chi connectivity index (χ0n) is 17.5. The first-order valence-electron chi connectivity index (χ1n) is 9.92. The summed E-state index contributed by atoms with van der Waals surface area (Å²) in [5.74, 6) is -0.488. The summed E-state index contributed by atoms with van der Waals surface area (Å²) in [6, 6.07) is 13.6. The van der Waals surface area contributed by atoms with Crippen LogP contribution in [0, 0.1) is 6.92 Å². The highest BCUT2D eigenvalue weighted by Gasteiger charge is 2.32. The smallest absolute Gasteiger partial charge is 0.326 e. The number of carbonyl (C=O) groups is 4. The van der Waals surface area contributed by atoms with Crippen molar-refractivity contribution in [2.75, 3.05) is 36.1 Å². The Kier molecular flexibility index (Phi) is 6.86. The van der Waals surface area contributed by atoms with Gasteiger partial charge in [-0.3, -0.25) is 14.5 Å². The lowest BCUT2D eigenvalue weighted by molar-refractivity contribution is -0.125. The lowest BCUT2D eigenvalue weighted by atomic mass is 10.1. The van der Waals surface area contributed by atoms with E-state index >= 15 is 0 Å². The summed E-state index contributed by atoms with van der Waals surface area (Å²) in [7, 11) is 1.57. The van der Waals surface area contributed by atoms with E-state index in [0.717, 1.165) is 10.5 Å². The minimum Gasteiger partial charge on any atom is -0.326 e. The number of rotatable bonds is 7. The Morgan fingerprint density at radius 3 is 2.35 bits per heavy atom. The normalized spacial score (nSPS) is 13.4. The van der Waals surface area contributed by atoms with Crippen LogP contribution in [0.1, 0.15) is 18.4 Å². The molecule has 9 heteroatoms. The van der Waals surface area contributed by atoms with Crippen LogP contribution in [0.2, 0.25) is 0 Å². The first-order chi connectivity index (χ1) is 14.8. The van der Waals surface area contributed by atoms with Gasteiger partial charge in [0.2, 0.25) is 11.8 Å². The molecule has 162 valence electrons. The molecule has 2 aromatic rings. The molecule has 0 radical (unpaired) electrons. The topological polar surface area (TPSA) is 111 Å². The Bertz CT molecular complexity index is 993. The number of nitrogens with one attached hydrogen (secondary N) is 3. The second-order valence-corrected chi connectivity index (χ2v) is 7.31. The van der Waals surface area contributed by atoms with Crippen LogP contribution in [-0.4, -0.2) is 53.8 Å². The number of anilines is 3. The van der Waals surface area contributed by atoms with E-state index in [1.807, 2.05) is 25.1 Å². The van der Waals surface area contributed by atoms with Crippen molar-refractivity contribution in [2.45, 2.75) is 19.8 Å². The Labute approximate surface area is 180 Å². The number of amides is 6. The Balaban J connectivity index is 1.51. The van der Waals surface area contributed by atoms with Crippen LogP contribution < -0.4 is 16.0 Å². The number of para-hydroxylation sites is 1. The summed E-state index contributed by atoms with van der Waals surface area (Å²) in [5.41, 5.74) is 2.62. The van der Waals surface area contributed by atoms with Crippen LogP contribution in [0.25, 0.3) is 0 Å². The predicted octanol–water partition coefficient (Wildman–Crippen LogP) is 3.25. The third kappa shape index (κ3) is 5.81. The molecule has 9 nitrogen and oxygen atoms in total. The van der Waals surface area contributed by atoms with Gasteiger partial charge in [0.25, 0.3) is 0 Å². The predicted molar refractivity (Wildman–Crippen MR) is 118 cm³/mol. The lowest BCUT2D eigenvalue weighted by Crippen LogP contribution is -2.32. The molecule has 0 saturated carbocycles. The molecule has 0 atom stereocenters. The minimum absolute atomic E-state index is 0.0713. The van der Waals surface area contributed by atoms with E-state index in [1.165, 1.54) is 4.90 Å². The fourth-order valence-corrected chi connectivity index (χ4v) is 3.15. The number of benzene rings is 2. The average molecular weight is 423 g/mol. The number of hydrogen-bond acceptors (Lipinski definition) is 4. The number of aryl methyl sites for hydroxylation is 1. The van der Waals surface area contributed by atoms with Gasteiger partial charge in [-0.15, -0.1) is 0 Å². The standard InChI is InChI=1S/C22H25N5O4/c1-15-10-11-17(24-21(30)23-16-7-4-3-5-8-16)13-18(15)25-19(28)9-6-12-27-20(29)14-26(2)22(27)31/h3-5,7-8,10-11,13H,6,9,12,14H2,1-2H3,(H,25,28)(H2,23,24,30). The van der Waals surface area contributed by atoms with E-state index in [-0.39, 0.29) is 37.4 Å². The number of likely N-dealkylation sites (N-methyl/N-ethyl adjacent to an activating group) is 1. The number of carbonyl (C=O) groups excluding carboxylic acids is 4. The number of nitrogens with zero attached hydrogens (tertiary/aromatic N) is 2. The molecule has 3 rings (SSSR count). The largest absolute Gasteiger partial charge is 0.326 e. The van der Waals surface area contributed by atoms with E-state index in [2.05, 4.69) is 16.0 Å². The first kappa shape index (κ1) is 21.8. The summed E-state index contributed by atoms with van der Waals surface area (Å²) in [6.45, 7) is 2.12. The summed E-state index contributed by atoms with van der Waals surface area (Å²) in [5, 5.41) is 8.29. The third-order valence-electron chi connectivity index (χ3n) is 4.82. The van der Waals surface area contributed by atoms with Crippen molar-refractivity contribution in [2.24, 2.45) is 0 Å². The average Bonchev–Trinajstić information content (AvgIpc) is 2.97. The highest BCUT2D eigenvalue weighted by Crippen LogP contribution is 2.21. The van der Waals surface area contributed by atoms with Gasteiger partial charge in [0.1, 0.15) is 6.54 Å². The molecule has 2 aromatic carbocycles. The molecule has 1 heterocycles. The fourth-order valence-electron chi connectivity index (χ4n) is 3.15. The van der Waals surface area contributed by atoms with Gasteiger partial charge in [-0.1, -0.05) is 24.3 Å². The number of imide groups is 1. The van der Waals surface area contributed by atoms with Crippen LogP contribution in [0.4, 0.5) is 26.7 Å². The molecule has 0 bridgehead atoms. The Morgan fingerprint density at radius 1 is 0.968 bits per heavy atom.